The van der Waals surface area contributed by atoms with Crippen molar-refractivity contribution in [3.63, 3.8) is 0 Å². The van der Waals surface area contributed by atoms with E-state index in [9.17, 15) is 8.42 Å². The van der Waals surface area contributed by atoms with Gasteiger partial charge in [0, 0.05) is 29.3 Å². The van der Waals surface area contributed by atoms with Crippen LogP contribution in [0.1, 0.15) is 31.6 Å². The first-order chi connectivity index (χ1) is 11.0. The Morgan fingerprint density at radius 3 is 2.09 bits per heavy atom. The van der Waals surface area contributed by atoms with E-state index < -0.39 is 10.0 Å². The molecule has 0 saturated heterocycles. The maximum Gasteiger partial charge on any atom is 0.271 e. The van der Waals surface area contributed by atoms with Crippen LogP contribution in [-0.2, 0) is 10.0 Å². The largest absolute Gasteiger partial charge is 0.372 e. The number of hydrogen-bond acceptors (Lipinski definition) is 4. The van der Waals surface area contributed by atoms with Crippen LogP contribution >= 0.6 is 11.3 Å². The lowest BCUT2D eigenvalue weighted by Gasteiger charge is -2.24. The lowest BCUT2D eigenvalue weighted by Crippen LogP contribution is -2.24. The SMILES string of the molecule is CCCN(CCC)c1ccc(NS(=O)(=O)c2ccc(C)s2)cc1. The monoisotopic (exact) mass is 352 g/mol. The van der Waals surface area contributed by atoms with Crippen molar-refractivity contribution in [1.82, 2.24) is 0 Å². The van der Waals surface area contributed by atoms with Gasteiger partial charge in [0.2, 0.25) is 0 Å². The molecule has 4 nitrogen and oxygen atoms in total. The van der Waals surface area contributed by atoms with E-state index in [1.807, 2.05) is 37.3 Å². The zero-order valence-electron chi connectivity index (χ0n) is 13.9. The summed E-state index contributed by atoms with van der Waals surface area (Å²) in [6, 6.07) is 11.1. The highest BCUT2D eigenvalue weighted by Gasteiger charge is 2.16. The van der Waals surface area contributed by atoms with E-state index in [0.717, 1.165) is 36.5 Å². The number of rotatable bonds is 8. The molecule has 0 spiro atoms. The minimum atomic E-state index is -3.49. The summed E-state index contributed by atoms with van der Waals surface area (Å²) in [5.41, 5.74) is 1.72. The van der Waals surface area contributed by atoms with Crippen molar-refractivity contribution in [3.05, 3.63) is 41.3 Å². The Morgan fingerprint density at radius 2 is 1.61 bits per heavy atom. The fraction of sp³-hybridized carbons (Fsp3) is 0.412. The van der Waals surface area contributed by atoms with Gasteiger partial charge in [0.05, 0.1) is 0 Å². The van der Waals surface area contributed by atoms with Crippen molar-refractivity contribution < 1.29 is 8.42 Å². The lowest BCUT2D eigenvalue weighted by molar-refractivity contribution is 0.603. The molecule has 0 aliphatic rings. The molecule has 1 aromatic heterocycles. The van der Waals surface area contributed by atoms with Crippen LogP contribution < -0.4 is 9.62 Å². The van der Waals surface area contributed by atoms with Crippen molar-refractivity contribution in [3.8, 4) is 0 Å². The van der Waals surface area contributed by atoms with E-state index in [1.54, 1.807) is 6.07 Å². The number of anilines is 2. The van der Waals surface area contributed by atoms with E-state index in [-0.39, 0.29) is 0 Å². The zero-order chi connectivity index (χ0) is 16.9. The molecule has 1 heterocycles. The summed E-state index contributed by atoms with van der Waals surface area (Å²) in [5, 5.41) is 0. The molecule has 0 radical (unpaired) electrons. The second-order valence-corrected chi connectivity index (χ2v) is 8.70. The Balaban J connectivity index is 2.13. The van der Waals surface area contributed by atoms with Gasteiger partial charge in [0.15, 0.2) is 0 Å². The lowest BCUT2D eigenvalue weighted by atomic mass is 10.2. The molecule has 23 heavy (non-hydrogen) atoms. The van der Waals surface area contributed by atoms with Crippen LogP contribution in [0.4, 0.5) is 11.4 Å². The van der Waals surface area contributed by atoms with Crippen LogP contribution in [-0.4, -0.2) is 21.5 Å². The van der Waals surface area contributed by atoms with Crippen molar-refractivity contribution in [1.29, 1.82) is 0 Å². The average Bonchev–Trinajstić information content (AvgIpc) is 2.95. The second kappa shape index (κ2) is 7.84. The number of thiophene rings is 1. The van der Waals surface area contributed by atoms with Crippen molar-refractivity contribution in [2.75, 3.05) is 22.7 Å². The number of benzene rings is 1. The van der Waals surface area contributed by atoms with Crippen LogP contribution in [0.25, 0.3) is 0 Å². The van der Waals surface area contributed by atoms with Gasteiger partial charge in [0.25, 0.3) is 10.0 Å². The van der Waals surface area contributed by atoms with Gasteiger partial charge in [-0.05, 0) is 56.2 Å². The maximum absolute atomic E-state index is 12.3. The van der Waals surface area contributed by atoms with E-state index in [0.29, 0.717) is 9.90 Å². The summed E-state index contributed by atoms with van der Waals surface area (Å²) in [7, 11) is -3.49. The fourth-order valence-electron chi connectivity index (χ4n) is 2.41. The summed E-state index contributed by atoms with van der Waals surface area (Å²) in [6.07, 6.45) is 2.18. The molecular weight excluding hydrogens is 328 g/mol. The van der Waals surface area contributed by atoms with Crippen LogP contribution in [0.2, 0.25) is 0 Å². The smallest absolute Gasteiger partial charge is 0.271 e. The molecule has 2 rings (SSSR count). The predicted octanol–water partition coefficient (Wildman–Crippen LogP) is 4.48. The standard InChI is InChI=1S/C17H24N2O2S2/c1-4-12-19(13-5-2)16-9-7-15(8-10-16)18-23(20,21)17-11-6-14(3)22-17/h6-11,18H,4-5,12-13H2,1-3H3. The normalized spacial score (nSPS) is 11.4. The highest BCUT2D eigenvalue weighted by Crippen LogP contribution is 2.25. The third-order valence-corrected chi connectivity index (χ3v) is 6.33. The van der Waals surface area contributed by atoms with Crippen LogP contribution in [0.3, 0.4) is 0 Å². The number of aryl methyl sites for hydroxylation is 1. The minimum Gasteiger partial charge on any atom is -0.372 e. The topological polar surface area (TPSA) is 49.4 Å². The Kier molecular flexibility index (Phi) is 6.07. The summed E-state index contributed by atoms with van der Waals surface area (Å²) in [6.45, 7) is 8.23. The van der Waals surface area contributed by atoms with Gasteiger partial charge in [-0.3, -0.25) is 4.72 Å². The third kappa shape index (κ3) is 4.72. The number of sulfonamides is 1. The van der Waals surface area contributed by atoms with Crippen molar-refractivity contribution in [2.45, 2.75) is 37.8 Å². The zero-order valence-corrected chi connectivity index (χ0v) is 15.5. The van der Waals surface area contributed by atoms with Crippen molar-refractivity contribution in [2.24, 2.45) is 0 Å². The molecule has 6 heteroatoms. The summed E-state index contributed by atoms with van der Waals surface area (Å²) in [5.74, 6) is 0. The van der Waals surface area contributed by atoms with Crippen LogP contribution in [0.5, 0.6) is 0 Å². The molecule has 0 bridgehead atoms. The molecule has 0 fully saturated rings. The van der Waals surface area contributed by atoms with E-state index in [1.165, 1.54) is 11.3 Å². The molecule has 0 aliphatic heterocycles. The molecule has 1 aromatic carbocycles. The molecule has 0 atom stereocenters. The predicted molar refractivity (Wildman–Crippen MR) is 99.1 cm³/mol. The van der Waals surface area contributed by atoms with Gasteiger partial charge < -0.3 is 4.90 Å². The Bertz CT molecular complexity index is 715. The Hall–Kier alpha value is -1.53. The molecule has 0 saturated carbocycles. The molecule has 0 amide bonds. The molecular formula is C17H24N2O2S2. The fourth-order valence-corrected chi connectivity index (χ4v) is 4.75. The van der Waals surface area contributed by atoms with E-state index in [4.69, 9.17) is 0 Å². The van der Waals surface area contributed by atoms with Gasteiger partial charge in [-0.25, -0.2) is 8.42 Å². The quantitative estimate of drug-likeness (QED) is 0.762. The van der Waals surface area contributed by atoms with E-state index >= 15 is 0 Å². The van der Waals surface area contributed by atoms with Crippen LogP contribution in [0, 0.1) is 6.92 Å². The highest BCUT2D eigenvalue weighted by molar-refractivity contribution is 7.94. The first-order valence-corrected chi connectivity index (χ1v) is 10.2. The van der Waals surface area contributed by atoms with Crippen LogP contribution in [0.15, 0.2) is 40.6 Å². The number of nitrogens with zero attached hydrogens (tertiary/aromatic N) is 1. The molecule has 126 valence electrons. The van der Waals surface area contributed by atoms with Crippen molar-refractivity contribution >= 4 is 32.7 Å². The minimum absolute atomic E-state index is 0.345. The van der Waals surface area contributed by atoms with Gasteiger partial charge in [0.1, 0.15) is 4.21 Å². The Morgan fingerprint density at radius 1 is 1.00 bits per heavy atom. The summed E-state index contributed by atoms with van der Waals surface area (Å²) < 4.78 is 27.6. The number of hydrogen-bond donors (Lipinski definition) is 1. The Labute approximate surface area is 143 Å². The highest BCUT2D eigenvalue weighted by atomic mass is 32.2. The first kappa shape index (κ1) is 17.8. The molecule has 0 aliphatic carbocycles. The van der Waals surface area contributed by atoms with Gasteiger partial charge >= 0.3 is 0 Å². The van der Waals surface area contributed by atoms with Gasteiger partial charge in [-0.1, -0.05) is 13.8 Å². The molecule has 2 aromatic rings. The number of nitrogens with one attached hydrogen (secondary N) is 1. The third-order valence-electron chi connectivity index (χ3n) is 3.45. The summed E-state index contributed by atoms with van der Waals surface area (Å²) in [4.78, 5) is 3.30. The summed E-state index contributed by atoms with van der Waals surface area (Å²) >= 11 is 1.28. The van der Waals surface area contributed by atoms with E-state index in [2.05, 4.69) is 23.5 Å². The average molecular weight is 353 g/mol. The van der Waals surface area contributed by atoms with Gasteiger partial charge in [-0.15, -0.1) is 11.3 Å². The first-order valence-electron chi connectivity index (χ1n) is 7.90. The maximum atomic E-state index is 12.3. The van der Waals surface area contributed by atoms with Gasteiger partial charge in [-0.2, -0.15) is 0 Å². The molecule has 0 unspecified atom stereocenters. The second-order valence-electron chi connectivity index (χ2n) is 5.50. The molecule has 1 N–H and O–H groups in total.